The Morgan fingerprint density at radius 2 is 2.08 bits per heavy atom. The van der Waals surface area contributed by atoms with Crippen LogP contribution in [0.1, 0.15) is 34.5 Å². The average Bonchev–Trinajstić information content (AvgIpc) is 3.20. The van der Waals surface area contributed by atoms with E-state index in [0.717, 1.165) is 5.56 Å². The molecular weight excluding hydrogens is 324 g/mol. The van der Waals surface area contributed by atoms with E-state index in [1.807, 2.05) is 6.07 Å². The number of nitrogens with two attached hydrogens (primary N) is 1. The molecule has 1 saturated heterocycles. The molecule has 1 aromatic carbocycles. The summed E-state index contributed by atoms with van der Waals surface area (Å²) in [6, 6.07) is 4.66. The number of rotatable bonds is 3. The highest BCUT2D eigenvalue weighted by Crippen LogP contribution is 2.34. The second-order valence-corrected chi connectivity index (χ2v) is 6.07. The summed E-state index contributed by atoms with van der Waals surface area (Å²) in [7, 11) is 0. The van der Waals surface area contributed by atoms with Gasteiger partial charge in [-0.1, -0.05) is 6.07 Å². The van der Waals surface area contributed by atoms with Gasteiger partial charge in [-0.3, -0.25) is 19.7 Å². The monoisotopic (exact) mass is 340 g/mol. The number of aromatic nitrogens is 1. The van der Waals surface area contributed by atoms with Gasteiger partial charge in [-0.25, -0.2) is 4.98 Å². The predicted octanol–water partition coefficient (Wildman–Crippen LogP) is 0.561. The molecule has 1 atom stereocenters. The number of hydrogen-bond acceptors (Lipinski definition) is 6. The molecule has 2 aromatic rings. The number of nitrogens with one attached hydrogen (secondary N) is 1. The molecule has 4 rings (SSSR count). The summed E-state index contributed by atoms with van der Waals surface area (Å²) in [5.41, 5.74) is 7.55. The Bertz CT molecular complexity index is 889. The number of imide groups is 1. The van der Waals surface area contributed by atoms with Gasteiger partial charge < -0.3 is 15.1 Å². The molecule has 2 aliphatic rings. The molecular formula is C17H16N4O4. The smallest absolute Gasteiger partial charge is 0.255 e. The molecule has 0 bridgehead atoms. The van der Waals surface area contributed by atoms with Crippen molar-refractivity contribution in [2.24, 2.45) is 5.73 Å². The number of hydrogen-bond donors (Lipinski definition) is 2. The van der Waals surface area contributed by atoms with Crippen LogP contribution in [0.3, 0.4) is 0 Å². The number of carbonyl (C=O) groups is 3. The number of oxazole rings is 1. The summed E-state index contributed by atoms with van der Waals surface area (Å²) < 4.78 is 5.61. The fourth-order valence-electron chi connectivity index (χ4n) is 3.31. The minimum atomic E-state index is -0.644. The molecule has 0 spiro atoms. The Morgan fingerprint density at radius 1 is 1.28 bits per heavy atom. The van der Waals surface area contributed by atoms with Crippen LogP contribution in [0.25, 0.3) is 11.5 Å². The Morgan fingerprint density at radius 3 is 2.80 bits per heavy atom. The van der Waals surface area contributed by atoms with Crippen LogP contribution in [0.15, 0.2) is 28.8 Å². The van der Waals surface area contributed by atoms with Crippen LogP contribution in [-0.2, 0) is 22.7 Å². The van der Waals surface area contributed by atoms with Crippen molar-refractivity contribution < 1.29 is 18.8 Å². The standard InChI is InChI=1S/C17H16N4O4/c18-6-9-7-19-16(25-9)10-2-1-3-11-12(10)8-21(17(11)24)13-4-5-14(22)20-15(13)23/h1-3,7,13H,4-6,8,18H2,(H,20,22,23). The van der Waals surface area contributed by atoms with Gasteiger partial charge in [0.1, 0.15) is 11.8 Å². The number of carbonyl (C=O) groups excluding carboxylic acids is 3. The first kappa shape index (κ1) is 15.5. The predicted molar refractivity (Wildman–Crippen MR) is 85.9 cm³/mol. The van der Waals surface area contributed by atoms with E-state index in [-0.39, 0.29) is 31.3 Å². The lowest BCUT2D eigenvalue weighted by molar-refractivity contribution is -0.136. The van der Waals surface area contributed by atoms with Crippen LogP contribution in [0.2, 0.25) is 0 Å². The third-order valence-corrected chi connectivity index (χ3v) is 4.57. The first-order valence-electron chi connectivity index (χ1n) is 8.00. The lowest BCUT2D eigenvalue weighted by atomic mass is 10.0. The lowest BCUT2D eigenvalue weighted by Crippen LogP contribution is -2.52. The van der Waals surface area contributed by atoms with Crippen molar-refractivity contribution in [1.82, 2.24) is 15.2 Å². The van der Waals surface area contributed by atoms with Gasteiger partial charge in [0.05, 0.1) is 12.7 Å². The lowest BCUT2D eigenvalue weighted by Gasteiger charge is -2.29. The minimum absolute atomic E-state index is 0.225. The van der Waals surface area contributed by atoms with Gasteiger partial charge in [0.2, 0.25) is 17.7 Å². The highest BCUT2D eigenvalue weighted by atomic mass is 16.4. The number of piperidine rings is 1. The van der Waals surface area contributed by atoms with E-state index in [1.165, 1.54) is 4.90 Å². The Balaban J connectivity index is 1.68. The van der Waals surface area contributed by atoms with Gasteiger partial charge in [0, 0.05) is 24.1 Å². The molecule has 8 heteroatoms. The Hall–Kier alpha value is -3.00. The highest BCUT2D eigenvalue weighted by molar-refractivity contribution is 6.06. The van der Waals surface area contributed by atoms with E-state index in [4.69, 9.17) is 10.2 Å². The number of nitrogens with zero attached hydrogens (tertiary/aromatic N) is 2. The molecule has 3 N–H and O–H groups in total. The van der Waals surface area contributed by atoms with Gasteiger partial charge in [-0.15, -0.1) is 0 Å². The molecule has 2 aliphatic heterocycles. The molecule has 0 radical (unpaired) electrons. The van der Waals surface area contributed by atoms with E-state index in [2.05, 4.69) is 10.3 Å². The molecule has 0 aliphatic carbocycles. The molecule has 1 unspecified atom stereocenters. The zero-order chi connectivity index (χ0) is 17.6. The normalized spacial score (nSPS) is 20.0. The molecule has 8 nitrogen and oxygen atoms in total. The molecule has 3 amide bonds. The third kappa shape index (κ3) is 2.51. The van der Waals surface area contributed by atoms with Crippen LogP contribution in [0.4, 0.5) is 0 Å². The summed E-state index contributed by atoms with van der Waals surface area (Å²) in [6.45, 7) is 0.514. The molecule has 1 aromatic heterocycles. The van der Waals surface area contributed by atoms with E-state index in [9.17, 15) is 14.4 Å². The highest BCUT2D eigenvalue weighted by Gasteiger charge is 2.40. The second kappa shape index (κ2) is 5.82. The van der Waals surface area contributed by atoms with Gasteiger partial charge >= 0.3 is 0 Å². The zero-order valence-electron chi connectivity index (χ0n) is 13.3. The average molecular weight is 340 g/mol. The number of benzene rings is 1. The van der Waals surface area contributed by atoms with Crippen molar-refractivity contribution in [3.8, 4) is 11.5 Å². The van der Waals surface area contributed by atoms with Crippen LogP contribution in [-0.4, -0.2) is 33.6 Å². The maximum Gasteiger partial charge on any atom is 0.255 e. The zero-order valence-corrected chi connectivity index (χ0v) is 13.3. The molecule has 1 fully saturated rings. The number of amides is 3. The number of fused-ring (bicyclic) bond motifs is 1. The van der Waals surface area contributed by atoms with Crippen molar-refractivity contribution >= 4 is 17.7 Å². The largest absolute Gasteiger partial charge is 0.440 e. The molecule has 0 saturated carbocycles. The summed E-state index contributed by atoms with van der Waals surface area (Å²) in [5.74, 6) is -0.00757. The molecule has 25 heavy (non-hydrogen) atoms. The van der Waals surface area contributed by atoms with Crippen molar-refractivity contribution in [1.29, 1.82) is 0 Å². The summed E-state index contributed by atoms with van der Waals surface area (Å²) in [5, 5.41) is 2.29. The quantitative estimate of drug-likeness (QED) is 0.788. The fourth-order valence-corrected chi connectivity index (χ4v) is 3.31. The third-order valence-electron chi connectivity index (χ3n) is 4.57. The minimum Gasteiger partial charge on any atom is -0.440 e. The fraction of sp³-hybridized carbons (Fsp3) is 0.294. The van der Waals surface area contributed by atoms with Crippen LogP contribution in [0, 0.1) is 0 Å². The first-order valence-corrected chi connectivity index (χ1v) is 8.00. The maximum absolute atomic E-state index is 12.8. The topological polar surface area (TPSA) is 119 Å². The van der Waals surface area contributed by atoms with Crippen LogP contribution >= 0.6 is 0 Å². The van der Waals surface area contributed by atoms with Gasteiger partial charge in [0.25, 0.3) is 5.91 Å². The van der Waals surface area contributed by atoms with Crippen LogP contribution in [0.5, 0.6) is 0 Å². The Labute approximate surface area is 143 Å². The Kier molecular flexibility index (Phi) is 3.61. The molecule has 128 valence electrons. The second-order valence-electron chi connectivity index (χ2n) is 6.07. The maximum atomic E-state index is 12.8. The van der Waals surface area contributed by atoms with E-state index < -0.39 is 11.9 Å². The van der Waals surface area contributed by atoms with Crippen molar-refractivity contribution in [3.05, 3.63) is 41.3 Å². The van der Waals surface area contributed by atoms with Gasteiger partial charge in [0.15, 0.2) is 0 Å². The van der Waals surface area contributed by atoms with Crippen LogP contribution < -0.4 is 11.1 Å². The summed E-state index contributed by atoms with van der Waals surface area (Å²) in [4.78, 5) is 41.9. The van der Waals surface area contributed by atoms with Crippen molar-refractivity contribution in [2.45, 2.75) is 32.0 Å². The van der Waals surface area contributed by atoms with E-state index in [1.54, 1.807) is 18.3 Å². The van der Waals surface area contributed by atoms with Gasteiger partial charge in [-0.05, 0) is 24.1 Å². The summed E-state index contributed by atoms with van der Waals surface area (Å²) >= 11 is 0. The van der Waals surface area contributed by atoms with Crippen molar-refractivity contribution in [2.75, 3.05) is 0 Å². The summed E-state index contributed by atoms with van der Waals surface area (Å²) in [6.07, 6.45) is 2.11. The van der Waals surface area contributed by atoms with E-state index in [0.29, 0.717) is 29.2 Å². The van der Waals surface area contributed by atoms with Crippen molar-refractivity contribution in [3.63, 3.8) is 0 Å². The first-order chi connectivity index (χ1) is 12.1. The SMILES string of the molecule is NCc1cnc(-c2cccc3c2CN(C2CCC(=O)NC2=O)C3=O)o1. The van der Waals surface area contributed by atoms with E-state index >= 15 is 0 Å². The van der Waals surface area contributed by atoms with Gasteiger partial charge in [-0.2, -0.15) is 0 Å². The molecule has 3 heterocycles.